The molecule has 110 valence electrons. The summed E-state index contributed by atoms with van der Waals surface area (Å²) in [4.78, 5) is 12.1. The van der Waals surface area contributed by atoms with Gasteiger partial charge in [0.05, 0.1) is 25.9 Å². The first-order valence-corrected chi connectivity index (χ1v) is 6.62. The van der Waals surface area contributed by atoms with Crippen molar-refractivity contribution in [3.63, 3.8) is 0 Å². The summed E-state index contributed by atoms with van der Waals surface area (Å²) in [6, 6.07) is 14.0. The van der Waals surface area contributed by atoms with Crippen LogP contribution in [0.4, 0.5) is 0 Å². The highest BCUT2D eigenvalue weighted by atomic mass is 16.5. The van der Waals surface area contributed by atoms with E-state index in [4.69, 9.17) is 14.7 Å². The van der Waals surface area contributed by atoms with E-state index in [1.165, 1.54) is 6.08 Å². The average Bonchev–Trinajstić information content (AvgIpc) is 2.59. The van der Waals surface area contributed by atoms with Crippen molar-refractivity contribution in [2.24, 2.45) is 0 Å². The van der Waals surface area contributed by atoms with Crippen LogP contribution in [0.2, 0.25) is 0 Å². The second kappa shape index (κ2) is 7.09. The van der Waals surface area contributed by atoms with E-state index < -0.39 is 0 Å². The summed E-state index contributed by atoms with van der Waals surface area (Å²) in [5.41, 5.74) is 1.71. The molecule has 0 aromatic heterocycles. The Labute approximate surface area is 129 Å². The number of carbonyl (C=O) groups excluding carboxylic acids is 1. The fourth-order valence-corrected chi connectivity index (χ4v) is 1.96. The standard InChI is InChI=1S/C18H15NO3/c1-21-16-8-6-14(18(11-16)22-2)7-9-17(20)15-5-3-4-13(10-15)12-19/h3-11H,1-2H3/b9-7+. The summed E-state index contributed by atoms with van der Waals surface area (Å²) >= 11 is 0. The van der Waals surface area contributed by atoms with Crippen molar-refractivity contribution in [3.8, 4) is 17.6 Å². The van der Waals surface area contributed by atoms with Crippen LogP contribution < -0.4 is 9.47 Å². The van der Waals surface area contributed by atoms with Gasteiger partial charge in [-0.1, -0.05) is 12.1 Å². The number of rotatable bonds is 5. The maximum atomic E-state index is 12.1. The van der Waals surface area contributed by atoms with Gasteiger partial charge in [-0.25, -0.2) is 0 Å². The van der Waals surface area contributed by atoms with Crippen LogP contribution in [0.25, 0.3) is 6.08 Å². The van der Waals surface area contributed by atoms with Crippen molar-refractivity contribution < 1.29 is 14.3 Å². The van der Waals surface area contributed by atoms with Crippen LogP contribution in [-0.4, -0.2) is 20.0 Å². The highest BCUT2D eigenvalue weighted by Crippen LogP contribution is 2.25. The van der Waals surface area contributed by atoms with Crippen LogP contribution in [0.3, 0.4) is 0 Å². The molecule has 2 rings (SSSR count). The SMILES string of the molecule is COc1ccc(/C=C/C(=O)c2cccc(C#N)c2)c(OC)c1. The third-order valence-corrected chi connectivity index (χ3v) is 3.13. The summed E-state index contributed by atoms with van der Waals surface area (Å²) in [5, 5.41) is 8.86. The lowest BCUT2D eigenvalue weighted by Crippen LogP contribution is -1.95. The Bertz CT molecular complexity index is 757. The molecular formula is C18H15NO3. The van der Waals surface area contributed by atoms with Crippen molar-refractivity contribution >= 4 is 11.9 Å². The minimum absolute atomic E-state index is 0.171. The molecule has 0 aliphatic rings. The van der Waals surface area contributed by atoms with Crippen molar-refractivity contribution in [2.45, 2.75) is 0 Å². The van der Waals surface area contributed by atoms with Crippen LogP contribution in [0.5, 0.6) is 11.5 Å². The summed E-state index contributed by atoms with van der Waals surface area (Å²) < 4.78 is 10.4. The van der Waals surface area contributed by atoms with Gasteiger partial charge < -0.3 is 9.47 Å². The van der Waals surface area contributed by atoms with Gasteiger partial charge in [-0.2, -0.15) is 5.26 Å². The Morgan fingerprint density at radius 2 is 1.95 bits per heavy atom. The predicted molar refractivity (Wildman–Crippen MR) is 84.1 cm³/mol. The van der Waals surface area contributed by atoms with Gasteiger partial charge in [0, 0.05) is 17.2 Å². The summed E-state index contributed by atoms with van der Waals surface area (Å²) in [6.45, 7) is 0. The number of ether oxygens (including phenoxy) is 2. The molecule has 0 saturated heterocycles. The normalized spacial score (nSPS) is 10.2. The van der Waals surface area contributed by atoms with Gasteiger partial charge in [0.2, 0.25) is 0 Å². The van der Waals surface area contributed by atoms with Crippen molar-refractivity contribution in [1.82, 2.24) is 0 Å². The number of benzene rings is 2. The zero-order valence-electron chi connectivity index (χ0n) is 12.4. The van der Waals surface area contributed by atoms with Gasteiger partial charge in [0.1, 0.15) is 11.5 Å². The molecule has 4 nitrogen and oxygen atoms in total. The fraction of sp³-hybridized carbons (Fsp3) is 0.111. The lowest BCUT2D eigenvalue weighted by atomic mass is 10.1. The molecule has 0 fully saturated rings. The van der Waals surface area contributed by atoms with Gasteiger partial charge in [0.25, 0.3) is 0 Å². The van der Waals surface area contributed by atoms with E-state index in [-0.39, 0.29) is 5.78 Å². The van der Waals surface area contributed by atoms with E-state index in [0.717, 1.165) is 5.56 Å². The number of hydrogen-bond donors (Lipinski definition) is 0. The zero-order valence-corrected chi connectivity index (χ0v) is 12.4. The molecule has 0 bridgehead atoms. The van der Waals surface area contributed by atoms with E-state index in [1.54, 1.807) is 56.7 Å². The topological polar surface area (TPSA) is 59.3 Å². The average molecular weight is 293 g/mol. The molecule has 0 amide bonds. The van der Waals surface area contributed by atoms with Gasteiger partial charge in [-0.15, -0.1) is 0 Å². The number of nitriles is 1. The van der Waals surface area contributed by atoms with Crippen LogP contribution in [0.15, 0.2) is 48.5 Å². The van der Waals surface area contributed by atoms with E-state index >= 15 is 0 Å². The molecule has 4 heteroatoms. The molecular weight excluding hydrogens is 278 g/mol. The molecule has 0 spiro atoms. The van der Waals surface area contributed by atoms with Crippen molar-refractivity contribution in [1.29, 1.82) is 5.26 Å². The van der Waals surface area contributed by atoms with E-state index in [9.17, 15) is 4.79 Å². The predicted octanol–water partition coefficient (Wildman–Crippen LogP) is 3.47. The lowest BCUT2D eigenvalue weighted by Gasteiger charge is -2.07. The smallest absolute Gasteiger partial charge is 0.185 e. The first kappa shape index (κ1) is 15.3. The number of nitrogens with zero attached hydrogens (tertiary/aromatic N) is 1. The first-order chi connectivity index (χ1) is 10.7. The molecule has 0 heterocycles. The van der Waals surface area contributed by atoms with Gasteiger partial charge in [-0.3, -0.25) is 4.79 Å². The van der Waals surface area contributed by atoms with Gasteiger partial charge >= 0.3 is 0 Å². The van der Waals surface area contributed by atoms with Crippen LogP contribution in [0, 0.1) is 11.3 Å². The molecule has 0 radical (unpaired) electrons. The highest BCUT2D eigenvalue weighted by molar-refractivity contribution is 6.07. The minimum atomic E-state index is -0.171. The Morgan fingerprint density at radius 3 is 2.64 bits per heavy atom. The van der Waals surface area contributed by atoms with E-state index in [2.05, 4.69) is 0 Å². The molecule has 22 heavy (non-hydrogen) atoms. The number of allylic oxidation sites excluding steroid dienone is 1. The van der Waals surface area contributed by atoms with E-state index in [1.807, 2.05) is 12.1 Å². The summed E-state index contributed by atoms with van der Waals surface area (Å²) in [7, 11) is 3.14. The molecule has 0 unspecified atom stereocenters. The number of hydrogen-bond acceptors (Lipinski definition) is 4. The summed E-state index contributed by atoms with van der Waals surface area (Å²) in [5.74, 6) is 1.13. The minimum Gasteiger partial charge on any atom is -0.497 e. The third kappa shape index (κ3) is 3.53. The number of methoxy groups -OCH3 is 2. The second-order valence-electron chi connectivity index (χ2n) is 4.50. The molecule has 2 aromatic carbocycles. The monoisotopic (exact) mass is 293 g/mol. The first-order valence-electron chi connectivity index (χ1n) is 6.62. The van der Waals surface area contributed by atoms with Crippen LogP contribution in [0.1, 0.15) is 21.5 Å². The maximum absolute atomic E-state index is 12.1. The second-order valence-corrected chi connectivity index (χ2v) is 4.50. The number of carbonyl (C=O) groups is 1. The third-order valence-electron chi connectivity index (χ3n) is 3.13. The molecule has 0 saturated carbocycles. The molecule has 0 N–H and O–H groups in total. The van der Waals surface area contributed by atoms with Gasteiger partial charge in [-0.05, 0) is 36.4 Å². The Balaban J connectivity index is 2.24. The van der Waals surface area contributed by atoms with Crippen molar-refractivity contribution in [3.05, 3.63) is 65.2 Å². The maximum Gasteiger partial charge on any atom is 0.185 e. The quantitative estimate of drug-likeness (QED) is 0.625. The number of ketones is 1. The lowest BCUT2D eigenvalue weighted by molar-refractivity contribution is 0.104. The fourth-order valence-electron chi connectivity index (χ4n) is 1.96. The Kier molecular flexibility index (Phi) is 4.94. The molecule has 0 aliphatic carbocycles. The van der Waals surface area contributed by atoms with Crippen molar-refractivity contribution in [2.75, 3.05) is 14.2 Å². The molecule has 0 aliphatic heterocycles. The van der Waals surface area contributed by atoms with Crippen LogP contribution >= 0.6 is 0 Å². The molecule has 2 aromatic rings. The Morgan fingerprint density at radius 1 is 1.14 bits per heavy atom. The Hall–Kier alpha value is -3.06. The zero-order chi connectivity index (χ0) is 15.9. The molecule has 0 atom stereocenters. The van der Waals surface area contributed by atoms with E-state index in [0.29, 0.717) is 22.6 Å². The summed E-state index contributed by atoms with van der Waals surface area (Å²) in [6.07, 6.45) is 3.14. The van der Waals surface area contributed by atoms with Gasteiger partial charge in [0.15, 0.2) is 5.78 Å². The van der Waals surface area contributed by atoms with Crippen LogP contribution in [-0.2, 0) is 0 Å². The highest BCUT2D eigenvalue weighted by Gasteiger charge is 2.05. The largest absolute Gasteiger partial charge is 0.497 e.